The number of hydrogen-bond acceptors (Lipinski definition) is 2. The molecular formula is C15H16BrNO. The predicted molar refractivity (Wildman–Crippen MR) is 77.4 cm³/mol. The van der Waals surface area contributed by atoms with Crippen LogP contribution in [-0.2, 0) is 6.42 Å². The van der Waals surface area contributed by atoms with E-state index in [1.807, 2.05) is 48.5 Å². The van der Waals surface area contributed by atoms with E-state index < -0.39 is 6.10 Å². The highest BCUT2D eigenvalue weighted by molar-refractivity contribution is 9.10. The molecule has 0 bridgehead atoms. The first-order chi connectivity index (χ1) is 8.70. The molecule has 0 spiro atoms. The molecule has 3 heteroatoms. The number of benzene rings is 2. The van der Waals surface area contributed by atoms with Crippen molar-refractivity contribution < 1.29 is 5.11 Å². The molecule has 0 aromatic heterocycles. The van der Waals surface area contributed by atoms with E-state index in [1.165, 1.54) is 0 Å². The summed E-state index contributed by atoms with van der Waals surface area (Å²) in [5, 5.41) is 10.3. The first-order valence-electron chi connectivity index (χ1n) is 5.93. The molecule has 2 nitrogen and oxygen atoms in total. The van der Waals surface area contributed by atoms with E-state index in [0.717, 1.165) is 27.6 Å². The Balaban J connectivity index is 2.24. The summed E-state index contributed by atoms with van der Waals surface area (Å²) in [4.78, 5) is 0. The summed E-state index contributed by atoms with van der Waals surface area (Å²) in [6.45, 7) is 0.623. The van der Waals surface area contributed by atoms with Crippen molar-refractivity contribution in [1.29, 1.82) is 0 Å². The molecular weight excluding hydrogens is 290 g/mol. The Morgan fingerprint density at radius 2 is 1.78 bits per heavy atom. The second-order valence-electron chi connectivity index (χ2n) is 4.24. The van der Waals surface area contributed by atoms with Crippen LogP contribution in [0, 0.1) is 0 Å². The third-order valence-electron chi connectivity index (χ3n) is 2.89. The van der Waals surface area contributed by atoms with Crippen molar-refractivity contribution >= 4 is 15.9 Å². The summed E-state index contributed by atoms with van der Waals surface area (Å²) in [6, 6.07) is 15.7. The van der Waals surface area contributed by atoms with E-state index in [1.54, 1.807) is 0 Å². The van der Waals surface area contributed by atoms with Gasteiger partial charge in [0.15, 0.2) is 0 Å². The van der Waals surface area contributed by atoms with Gasteiger partial charge in [-0.3, -0.25) is 0 Å². The second kappa shape index (κ2) is 6.14. The Kier molecular flexibility index (Phi) is 4.53. The van der Waals surface area contributed by atoms with Gasteiger partial charge in [0, 0.05) is 4.47 Å². The lowest BCUT2D eigenvalue weighted by atomic mass is 9.99. The van der Waals surface area contributed by atoms with Gasteiger partial charge in [0.1, 0.15) is 6.10 Å². The van der Waals surface area contributed by atoms with Crippen LogP contribution in [0.2, 0.25) is 0 Å². The molecule has 18 heavy (non-hydrogen) atoms. The van der Waals surface area contributed by atoms with Crippen molar-refractivity contribution in [2.75, 3.05) is 6.54 Å². The maximum absolute atomic E-state index is 10.3. The standard InChI is InChI=1S/C15H16BrNO/c16-14-6-4-12(5-7-14)15(18)13-3-1-2-11(10-13)8-9-17/h1-7,10,15,18H,8-9,17H2. The molecule has 1 unspecified atom stereocenters. The molecule has 0 fully saturated rings. The van der Waals surface area contributed by atoms with Crippen molar-refractivity contribution in [2.45, 2.75) is 12.5 Å². The van der Waals surface area contributed by atoms with Gasteiger partial charge in [-0.2, -0.15) is 0 Å². The smallest absolute Gasteiger partial charge is 0.104 e. The van der Waals surface area contributed by atoms with Gasteiger partial charge in [0.25, 0.3) is 0 Å². The number of hydrogen-bond donors (Lipinski definition) is 2. The predicted octanol–water partition coefficient (Wildman–Crippen LogP) is 3.03. The van der Waals surface area contributed by atoms with Gasteiger partial charge in [0.2, 0.25) is 0 Å². The van der Waals surface area contributed by atoms with Crippen molar-refractivity contribution in [3.8, 4) is 0 Å². The molecule has 0 aliphatic heterocycles. The lowest BCUT2D eigenvalue weighted by Crippen LogP contribution is -2.04. The molecule has 2 rings (SSSR count). The van der Waals surface area contributed by atoms with Crippen molar-refractivity contribution in [3.63, 3.8) is 0 Å². The minimum absolute atomic E-state index is 0.587. The average molecular weight is 306 g/mol. The molecule has 0 aliphatic carbocycles. The molecule has 0 amide bonds. The van der Waals surface area contributed by atoms with Gasteiger partial charge in [0.05, 0.1) is 0 Å². The molecule has 3 N–H and O–H groups in total. The molecule has 0 saturated heterocycles. The lowest BCUT2D eigenvalue weighted by Gasteiger charge is -2.12. The SMILES string of the molecule is NCCc1cccc(C(O)c2ccc(Br)cc2)c1. The van der Waals surface area contributed by atoms with Crippen LogP contribution in [0.25, 0.3) is 0 Å². The van der Waals surface area contributed by atoms with Gasteiger partial charge in [-0.1, -0.05) is 52.3 Å². The van der Waals surface area contributed by atoms with E-state index in [4.69, 9.17) is 5.73 Å². The Hall–Kier alpha value is -1.16. The zero-order valence-electron chi connectivity index (χ0n) is 10.0. The normalized spacial score (nSPS) is 12.4. The Morgan fingerprint density at radius 1 is 1.06 bits per heavy atom. The van der Waals surface area contributed by atoms with Crippen LogP contribution in [-0.4, -0.2) is 11.7 Å². The summed E-state index contributed by atoms with van der Waals surface area (Å²) >= 11 is 3.39. The van der Waals surface area contributed by atoms with Crippen LogP contribution in [0.4, 0.5) is 0 Å². The molecule has 2 aromatic carbocycles. The average Bonchev–Trinajstić information content (AvgIpc) is 2.39. The summed E-state index contributed by atoms with van der Waals surface area (Å²) in [5.74, 6) is 0. The third-order valence-corrected chi connectivity index (χ3v) is 3.41. The molecule has 0 saturated carbocycles. The molecule has 0 heterocycles. The van der Waals surface area contributed by atoms with Gasteiger partial charge < -0.3 is 10.8 Å². The van der Waals surface area contributed by atoms with Crippen molar-refractivity contribution in [3.05, 3.63) is 69.7 Å². The molecule has 2 aromatic rings. The first kappa shape index (κ1) is 13.3. The van der Waals surface area contributed by atoms with Crippen molar-refractivity contribution in [1.82, 2.24) is 0 Å². The molecule has 0 radical (unpaired) electrons. The van der Waals surface area contributed by atoms with E-state index in [-0.39, 0.29) is 0 Å². The first-order valence-corrected chi connectivity index (χ1v) is 6.72. The summed E-state index contributed by atoms with van der Waals surface area (Å²) in [7, 11) is 0. The highest BCUT2D eigenvalue weighted by atomic mass is 79.9. The highest BCUT2D eigenvalue weighted by Gasteiger charge is 2.10. The number of aliphatic hydroxyl groups excluding tert-OH is 1. The highest BCUT2D eigenvalue weighted by Crippen LogP contribution is 2.24. The molecule has 94 valence electrons. The zero-order valence-corrected chi connectivity index (χ0v) is 11.6. The van der Waals surface area contributed by atoms with Gasteiger partial charge >= 0.3 is 0 Å². The topological polar surface area (TPSA) is 46.2 Å². The number of aliphatic hydroxyl groups is 1. The number of nitrogens with two attached hydrogens (primary N) is 1. The summed E-state index contributed by atoms with van der Waals surface area (Å²) in [5.41, 5.74) is 8.50. The van der Waals surface area contributed by atoms with E-state index in [2.05, 4.69) is 15.9 Å². The largest absolute Gasteiger partial charge is 0.384 e. The lowest BCUT2D eigenvalue weighted by molar-refractivity contribution is 0.220. The molecule has 1 atom stereocenters. The minimum Gasteiger partial charge on any atom is -0.384 e. The summed E-state index contributed by atoms with van der Waals surface area (Å²) in [6.07, 6.45) is 0.247. The minimum atomic E-state index is -0.587. The number of halogens is 1. The van der Waals surface area contributed by atoms with Gasteiger partial charge in [-0.15, -0.1) is 0 Å². The van der Waals surface area contributed by atoms with Gasteiger partial charge in [-0.25, -0.2) is 0 Å². The van der Waals surface area contributed by atoms with Gasteiger partial charge in [-0.05, 0) is 41.8 Å². The van der Waals surface area contributed by atoms with E-state index >= 15 is 0 Å². The maximum atomic E-state index is 10.3. The van der Waals surface area contributed by atoms with Crippen molar-refractivity contribution in [2.24, 2.45) is 5.73 Å². The van der Waals surface area contributed by atoms with Crippen LogP contribution in [0.3, 0.4) is 0 Å². The van der Waals surface area contributed by atoms with Crippen LogP contribution in [0.1, 0.15) is 22.8 Å². The fourth-order valence-corrected chi connectivity index (χ4v) is 2.19. The van der Waals surface area contributed by atoms with E-state index in [0.29, 0.717) is 6.54 Å². The monoisotopic (exact) mass is 305 g/mol. The van der Waals surface area contributed by atoms with E-state index in [9.17, 15) is 5.11 Å². The third kappa shape index (κ3) is 3.19. The fraction of sp³-hybridized carbons (Fsp3) is 0.200. The van der Waals surface area contributed by atoms with Crippen LogP contribution in [0.5, 0.6) is 0 Å². The fourth-order valence-electron chi connectivity index (χ4n) is 1.92. The maximum Gasteiger partial charge on any atom is 0.104 e. The second-order valence-corrected chi connectivity index (χ2v) is 5.15. The van der Waals surface area contributed by atoms with Crippen LogP contribution < -0.4 is 5.73 Å². The van der Waals surface area contributed by atoms with Crippen LogP contribution >= 0.6 is 15.9 Å². The Morgan fingerprint density at radius 3 is 2.44 bits per heavy atom. The molecule has 0 aliphatic rings. The zero-order chi connectivity index (χ0) is 13.0. The Labute approximate surface area is 116 Å². The van der Waals surface area contributed by atoms with Crippen LogP contribution in [0.15, 0.2) is 53.0 Å². The summed E-state index contributed by atoms with van der Waals surface area (Å²) < 4.78 is 1.01. The quantitative estimate of drug-likeness (QED) is 0.912. The Bertz CT molecular complexity index is 510. The number of rotatable bonds is 4.